The number of hydrogen-bond donors (Lipinski definition) is 0. The third-order valence-electron chi connectivity index (χ3n) is 33.2. The fourth-order valence-corrected chi connectivity index (χ4v) is 19.7. The largest absolute Gasteiger partial charge is 2.00 e. The third-order valence-corrected chi connectivity index (χ3v) is 33.2. The summed E-state index contributed by atoms with van der Waals surface area (Å²) < 4.78 is 21.4. The van der Waals surface area contributed by atoms with Crippen molar-refractivity contribution in [1.82, 2.24) is 0 Å². The maximum Gasteiger partial charge on any atom is 2.00 e. The molecule has 0 bridgehead atoms. The van der Waals surface area contributed by atoms with E-state index in [-0.39, 0.29) is 153 Å². The van der Waals surface area contributed by atoms with Crippen molar-refractivity contribution in [2.24, 2.45) is 201 Å². The van der Waals surface area contributed by atoms with Crippen LogP contribution in [0.1, 0.15) is 372 Å². The molecule has 4 unspecified atom stereocenters. The van der Waals surface area contributed by atoms with Crippen LogP contribution in [0.25, 0.3) is 0 Å². The molecule has 126 heavy (non-hydrogen) atoms. The molecule has 0 N–H and O–H groups in total. The predicted octanol–water partition coefficient (Wildman–Crippen LogP) is 41.8. The average Bonchev–Trinajstić information content (AvgIpc) is 1.70. The number of hydrogen-bond acceptors (Lipinski definition) is 4. The van der Waals surface area contributed by atoms with Crippen LogP contribution in [0.4, 0.5) is 0 Å². The van der Waals surface area contributed by atoms with Crippen molar-refractivity contribution in [3.8, 4) is 0 Å². The maximum atomic E-state index is 8.19. The Balaban J connectivity index is -0.0000000571. The van der Waals surface area contributed by atoms with Crippen LogP contribution in [0.5, 0.6) is 0 Å². The zero-order valence-electron chi connectivity index (χ0n) is 91.9. The minimum Gasteiger partial charge on any atom is 2.00 e. The van der Waals surface area contributed by atoms with Crippen LogP contribution < -0.4 is 0 Å². The molecule has 21 heteroatoms. The Bertz CT molecular complexity index is 1420. The Labute approximate surface area is 900 Å². The van der Waals surface area contributed by atoms with E-state index in [1.807, 2.05) is 27.7 Å². The number of ether oxygens (including phenoxy) is 3. The zero-order valence-corrected chi connectivity index (χ0v) is 108. The number of halogens is 12. The maximum absolute atomic E-state index is 8.19. The van der Waals surface area contributed by atoms with E-state index < -0.39 is 3.25 Å². The van der Waals surface area contributed by atoms with Gasteiger partial charge in [0.15, 0.2) is 0 Å². The molecule has 9 saturated carbocycles. The molecule has 12 rings (SSSR count). The first kappa shape index (κ1) is 177. The van der Waals surface area contributed by atoms with Gasteiger partial charge in [-0.2, -0.15) is 0 Å². The summed E-state index contributed by atoms with van der Waals surface area (Å²) in [7, 11) is 29.1. The third kappa shape index (κ3) is 77.6. The molecule has 3 heterocycles. The Kier molecular flexibility index (Phi) is 153. The van der Waals surface area contributed by atoms with Gasteiger partial charge in [-0.3, -0.25) is 0 Å². The number of rotatable bonds is 0. The van der Waals surface area contributed by atoms with Crippen molar-refractivity contribution in [2.45, 2.75) is 376 Å². The van der Waals surface area contributed by atoms with Gasteiger partial charge < -0.3 is 81.1 Å². The van der Waals surface area contributed by atoms with Crippen LogP contribution in [0.2, 0.25) is 0 Å². The van der Waals surface area contributed by atoms with Crippen molar-refractivity contribution < 1.29 is 96.9 Å². The van der Waals surface area contributed by atoms with E-state index in [1.54, 1.807) is 0 Å². The molecule has 12 aliphatic rings. The summed E-state index contributed by atoms with van der Waals surface area (Å²) in [4.78, 5) is 0. The van der Waals surface area contributed by atoms with Gasteiger partial charge in [0.2, 0.25) is 0 Å². The first-order chi connectivity index (χ1) is 53.2. The van der Waals surface area contributed by atoms with Gasteiger partial charge in [-0.1, -0.05) is 374 Å². The molecule has 9 aliphatic carbocycles. The molecule has 1 radical (unpaired) electrons. The van der Waals surface area contributed by atoms with Crippen molar-refractivity contribution in [3.05, 3.63) is 66.8 Å². The Morgan fingerprint density at radius 3 is 0.294 bits per heavy atom. The molecule has 0 aromatic rings. The summed E-state index contributed by atoms with van der Waals surface area (Å²) in [5.74, 6) is 31.9. The van der Waals surface area contributed by atoms with Gasteiger partial charge in [-0.25, -0.2) is 0 Å². The second-order valence-corrected chi connectivity index (χ2v) is 48.1. The molecule has 0 spiro atoms. The fourth-order valence-electron chi connectivity index (χ4n) is 19.7. The normalized spacial score (nSPS) is 35.8. The second-order valence-electron chi connectivity index (χ2n) is 37.8. The van der Waals surface area contributed by atoms with Crippen LogP contribution in [0, 0.1) is 268 Å². The van der Waals surface area contributed by atoms with Gasteiger partial charge in [-0.15, -0.1) is 24.8 Å². The standard InChI is InChI=1S/6C10H20.C9H18.2C5H10.3C4H8O.2C2H6.CCl4.9CH3.8ClH.O.5V/c6*1-6-7(2)9(4)10(5)8(6)3;1-6-5-7(2)9(4)8(6)3;5*1-2-4-5-3-1;2*1-2;2-1(3,4)5;;;;;;;;;;;;;;;;;;;;;;;/h6*6-10H,1-5H3;6-9H,5H2,1-4H3;2*1-5H2;3*1-4H2;2*1-2H3;;9*1H3;8*1H;;;;;;/q;;;;;;;;;;;;;;;9*-1;;;;;;;;;;;4*+2/p-6. The van der Waals surface area contributed by atoms with Crippen LogP contribution >= 0.6 is 130 Å². The quantitative estimate of drug-likeness (QED) is 0.179. The molecule has 0 aromatic carbocycles. The Morgan fingerprint density at radius 2 is 0.262 bits per heavy atom. The number of alkyl halides is 4. The topological polar surface area (TPSA) is 44.8 Å². The minimum atomic E-state index is -1.61. The monoisotopic (exact) mass is 2220 g/mol. The second kappa shape index (κ2) is 108. The molecule has 0 amide bonds. The van der Waals surface area contributed by atoms with E-state index in [2.05, 4.69) is 235 Å². The van der Waals surface area contributed by atoms with Crippen LogP contribution in [-0.2, 0) is 96.9 Å². The van der Waals surface area contributed by atoms with E-state index in [0.717, 1.165) is 258 Å². The van der Waals surface area contributed by atoms with Gasteiger partial charge >= 0.3 is 142 Å². The summed E-state index contributed by atoms with van der Waals surface area (Å²) >= 11 is 19.3. The van der Waals surface area contributed by atoms with Gasteiger partial charge in [0.05, 0.1) is 0 Å². The van der Waals surface area contributed by atoms with E-state index in [9.17, 15) is 0 Å². The Hall–Kier alpha value is 6.08. The van der Waals surface area contributed by atoms with Crippen molar-refractivity contribution in [3.63, 3.8) is 0 Å². The summed E-state index contributed by atoms with van der Waals surface area (Å²) in [5, 5.41) is 0. The first-order valence-corrected chi connectivity index (χ1v) is 60.2. The molecule has 3 aliphatic heterocycles. The van der Waals surface area contributed by atoms with E-state index in [1.165, 1.54) is 109 Å². The molecule has 12 fully saturated rings. The van der Waals surface area contributed by atoms with E-state index >= 15 is 0 Å². The summed E-state index contributed by atoms with van der Waals surface area (Å²) in [5.41, 5.74) is 0. The van der Waals surface area contributed by atoms with Gasteiger partial charge in [-0.05, 0) is 246 Å². The minimum absolute atomic E-state index is 0. The Morgan fingerprint density at radius 1 is 0.198 bits per heavy atom. The van der Waals surface area contributed by atoms with Gasteiger partial charge in [0, 0.05) is 39.6 Å². The van der Waals surface area contributed by atoms with E-state index in [4.69, 9.17) is 123 Å². The molecule has 0 aromatic heterocycles. The molecule has 4 nitrogen and oxygen atoms in total. The summed E-state index contributed by atoms with van der Waals surface area (Å²) in [6.07, 6.45) is 24.1. The smallest absolute Gasteiger partial charge is 2.00 e. The molecular formula is C105H223Cl12O4V5-7. The van der Waals surface area contributed by atoms with Crippen molar-refractivity contribution in [1.29, 1.82) is 0 Å². The van der Waals surface area contributed by atoms with Crippen molar-refractivity contribution in [2.75, 3.05) is 39.6 Å². The first-order valence-electron chi connectivity index (χ1n) is 46.6. The van der Waals surface area contributed by atoms with E-state index in [0.29, 0.717) is 0 Å². The molecule has 4 atom stereocenters. The molecule has 3 saturated heterocycles. The molecular weight excluding hydrogens is 2010 g/mol. The summed E-state index contributed by atoms with van der Waals surface area (Å²) in [6, 6.07) is 0. The van der Waals surface area contributed by atoms with Crippen molar-refractivity contribution >= 4 is 130 Å². The zero-order chi connectivity index (χ0) is 90.6. The fraction of sp³-hybridized carbons (Fsp3) is 0.914. The van der Waals surface area contributed by atoms with Crippen LogP contribution in [0.3, 0.4) is 0 Å². The molecule has 783 valence electrons. The SMILES string of the molecule is C1CCCC1.C1CCCC1.C1CCOC1.C1CCOC1.C1CCOC1.CC.CC.CC1C(C)C(C)C(C)C1C.CC1C(C)C(C)C(C)C1C.CC1C(C)C(C)C(C)C1C.CC1C(C)C(C)C(C)C1C.CC1C(C)C(C)C(C)C1C.CC1C(C)C(C)C(C)C1C.CC1CC(C)C(C)C1C.Cl.Cl.ClC(Cl)(Cl)Cl.[CH3-].[CH3-].[CH3-].[CH3-].[CH3-].[CH3-].[CH3-].[CH3-].[CH3-].[Cl][V][Cl].[Cl][V][Cl].[Cl][V][Cl].[O]=[V].[V+2]. The van der Waals surface area contributed by atoms with Crippen LogP contribution in [-0.4, -0.2) is 42.9 Å². The van der Waals surface area contributed by atoms with Crippen LogP contribution in [0.15, 0.2) is 0 Å². The predicted molar refractivity (Wildman–Crippen MR) is 579 cm³/mol. The summed E-state index contributed by atoms with van der Waals surface area (Å²) in [6.45, 7) is 95.5. The average molecular weight is 2230 g/mol. The van der Waals surface area contributed by atoms with Gasteiger partial charge in [0.1, 0.15) is 0 Å². The van der Waals surface area contributed by atoms with Gasteiger partial charge in [0.25, 0.3) is 3.25 Å².